The van der Waals surface area contributed by atoms with Crippen molar-refractivity contribution in [3.8, 4) is 11.4 Å². The summed E-state index contributed by atoms with van der Waals surface area (Å²) in [4.78, 5) is 28.1. The molecule has 2 bridgehead atoms. The van der Waals surface area contributed by atoms with Gasteiger partial charge in [0.2, 0.25) is 5.91 Å². The molecule has 1 aliphatic heterocycles. The Bertz CT molecular complexity index is 998. The number of aromatic nitrogens is 3. The van der Waals surface area contributed by atoms with Crippen molar-refractivity contribution < 1.29 is 22.8 Å². The number of benzene rings is 1. The van der Waals surface area contributed by atoms with Crippen molar-refractivity contribution in [3.63, 3.8) is 0 Å². The molecular formula is C19H18F3N5O2. The zero-order chi connectivity index (χ0) is 20.8. The van der Waals surface area contributed by atoms with E-state index in [4.69, 9.17) is 0 Å². The Labute approximate surface area is 164 Å². The van der Waals surface area contributed by atoms with E-state index >= 15 is 0 Å². The van der Waals surface area contributed by atoms with Crippen LogP contribution in [-0.2, 0) is 15.8 Å². The summed E-state index contributed by atoms with van der Waals surface area (Å²) in [7, 11) is 0. The van der Waals surface area contributed by atoms with Gasteiger partial charge in [-0.05, 0) is 49.9 Å². The molecule has 2 aliphatic rings. The molecular weight excluding hydrogens is 387 g/mol. The number of nitrogens with one attached hydrogen (secondary N) is 1. The van der Waals surface area contributed by atoms with Gasteiger partial charge >= 0.3 is 6.18 Å². The van der Waals surface area contributed by atoms with E-state index in [-0.39, 0.29) is 29.3 Å². The minimum atomic E-state index is -4.46. The average Bonchev–Trinajstić information content (AvgIpc) is 3.37. The molecule has 1 saturated heterocycles. The fourth-order valence-corrected chi connectivity index (χ4v) is 3.79. The number of alkyl halides is 3. The number of hydrogen-bond acceptors (Lipinski definition) is 4. The fraction of sp³-hybridized carbons (Fsp3) is 0.368. The van der Waals surface area contributed by atoms with E-state index in [1.807, 2.05) is 0 Å². The third-order valence-corrected chi connectivity index (χ3v) is 5.14. The largest absolute Gasteiger partial charge is 0.416 e. The van der Waals surface area contributed by atoms with Crippen molar-refractivity contribution in [1.29, 1.82) is 0 Å². The van der Waals surface area contributed by atoms with E-state index in [1.54, 1.807) is 13.0 Å². The molecule has 2 fully saturated rings. The second-order valence-corrected chi connectivity index (χ2v) is 7.30. The lowest BCUT2D eigenvalue weighted by molar-refractivity contribution is -0.142. The highest BCUT2D eigenvalue weighted by atomic mass is 19.4. The summed E-state index contributed by atoms with van der Waals surface area (Å²) in [6.45, 7) is 1.56. The van der Waals surface area contributed by atoms with E-state index in [2.05, 4.69) is 15.5 Å². The predicted molar refractivity (Wildman–Crippen MR) is 96.6 cm³/mol. The van der Waals surface area contributed by atoms with Gasteiger partial charge in [0, 0.05) is 23.8 Å². The Morgan fingerprint density at radius 1 is 1.28 bits per heavy atom. The van der Waals surface area contributed by atoms with Crippen LogP contribution < -0.4 is 5.43 Å². The van der Waals surface area contributed by atoms with Crippen LogP contribution in [0.4, 0.5) is 13.2 Å². The Balaban J connectivity index is 1.45. The predicted octanol–water partition coefficient (Wildman–Crippen LogP) is 2.79. The van der Waals surface area contributed by atoms with E-state index in [0.717, 1.165) is 31.4 Å². The lowest BCUT2D eigenvalue weighted by atomic mass is 10.1. The van der Waals surface area contributed by atoms with Gasteiger partial charge in [0.1, 0.15) is 6.33 Å². The van der Waals surface area contributed by atoms with Gasteiger partial charge in [-0.1, -0.05) is 0 Å². The maximum atomic E-state index is 13.0. The molecule has 4 rings (SSSR count). The van der Waals surface area contributed by atoms with Crippen LogP contribution in [0.15, 0.2) is 30.6 Å². The number of rotatable bonds is 4. The molecule has 0 unspecified atom stereocenters. The molecule has 2 aromatic rings. The quantitative estimate of drug-likeness (QED) is 0.794. The highest BCUT2D eigenvalue weighted by molar-refractivity contribution is 5.92. The minimum Gasteiger partial charge on any atom is -0.273 e. The van der Waals surface area contributed by atoms with Crippen LogP contribution in [0.25, 0.3) is 17.6 Å². The van der Waals surface area contributed by atoms with E-state index < -0.39 is 17.6 Å². The van der Waals surface area contributed by atoms with Crippen molar-refractivity contribution in [2.45, 2.75) is 38.4 Å². The van der Waals surface area contributed by atoms with Crippen molar-refractivity contribution in [2.75, 3.05) is 0 Å². The summed E-state index contributed by atoms with van der Waals surface area (Å²) in [6.07, 6.45) is 1.85. The van der Waals surface area contributed by atoms with Gasteiger partial charge < -0.3 is 0 Å². The molecule has 10 heteroatoms. The molecule has 2 atom stereocenters. The first-order valence-electron chi connectivity index (χ1n) is 9.13. The lowest BCUT2D eigenvalue weighted by Crippen LogP contribution is -2.49. The van der Waals surface area contributed by atoms with Gasteiger partial charge in [0.15, 0.2) is 5.82 Å². The van der Waals surface area contributed by atoms with Crippen molar-refractivity contribution in [1.82, 2.24) is 25.2 Å². The van der Waals surface area contributed by atoms with E-state index in [0.29, 0.717) is 5.56 Å². The van der Waals surface area contributed by atoms with Gasteiger partial charge in [0.05, 0.1) is 11.6 Å². The second kappa shape index (κ2) is 7.02. The highest BCUT2D eigenvalue weighted by Gasteiger charge is 2.45. The smallest absolute Gasteiger partial charge is 0.273 e. The first kappa shape index (κ1) is 19.2. The van der Waals surface area contributed by atoms with Crippen LogP contribution in [0, 0.1) is 12.8 Å². The molecule has 7 nitrogen and oxygen atoms in total. The SMILES string of the molecule is Cc1cc(-c2ncn(/C=C\C(=O)NN3C(=O)[C@H]4CC[C@@H]3C4)n2)cc(C(F)(F)F)c1. The summed E-state index contributed by atoms with van der Waals surface area (Å²) in [5, 5.41) is 5.48. The van der Waals surface area contributed by atoms with Gasteiger partial charge in [-0.15, -0.1) is 5.10 Å². The lowest BCUT2D eigenvalue weighted by Gasteiger charge is -2.26. The molecule has 0 radical (unpaired) electrons. The van der Waals surface area contributed by atoms with Gasteiger partial charge in [-0.2, -0.15) is 13.2 Å². The summed E-state index contributed by atoms with van der Waals surface area (Å²) in [5.74, 6) is -0.446. The monoisotopic (exact) mass is 405 g/mol. The number of nitrogens with zero attached hydrogens (tertiary/aromatic N) is 4. The first-order valence-corrected chi connectivity index (χ1v) is 9.13. The number of hydrogen-bond donors (Lipinski definition) is 1. The normalized spacial score (nSPS) is 21.4. The average molecular weight is 405 g/mol. The van der Waals surface area contributed by atoms with Gasteiger partial charge in [0.25, 0.3) is 5.91 Å². The molecule has 1 saturated carbocycles. The summed E-state index contributed by atoms with van der Waals surface area (Å²) in [6, 6.07) is 3.64. The fourth-order valence-electron chi connectivity index (χ4n) is 3.79. The topological polar surface area (TPSA) is 80.1 Å². The van der Waals surface area contributed by atoms with Gasteiger partial charge in [-0.3, -0.25) is 20.0 Å². The third kappa shape index (κ3) is 3.87. The van der Waals surface area contributed by atoms with E-state index in [1.165, 1.54) is 28.3 Å². The number of halogens is 3. The van der Waals surface area contributed by atoms with Crippen molar-refractivity contribution in [2.24, 2.45) is 5.92 Å². The molecule has 29 heavy (non-hydrogen) atoms. The first-order chi connectivity index (χ1) is 13.7. The number of hydrazine groups is 1. The molecule has 152 valence electrons. The van der Waals surface area contributed by atoms with Crippen LogP contribution >= 0.6 is 0 Å². The van der Waals surface area contributed by atoms with Crippen molar-refractivity contribution >= 4 is 18.0 Å². The van der Waals surface area contributed by atoms with Crippen molar-refractivity contribution in [3.05, 3.63) is 41.7 Å². The standard InChI is InChI=1S/C19H18F3N5O2/c1-11-6-13(8-14(7-11)19(20,21)22)17-23-10-26(25-17)5-4-16(28)24-27-15-3-2-12(9-15)18(27)29/h4-8,10,12,15H,2-3,9H2,1H3,(H,24,28)/b5-4-/t12-,15+/m0/s1. The zero-order valence-electron chi connectivity index (χ0n) is 15.5. The Kier molecular flexibility index (Phi) is 4.64. The van der Waals surface area contributed by atoms with Crippen LogP contribution in [0.2, 0.25) is 0 Å². The summed E-state index contributed by atoms with van der Waals surface area (Å²) in [5.41, 5.74) is 2.46. The van der Waals surface area contributed by atoms with E-state index in [9.17, 15) is 22.8 Å². The Morgan fingerprint density at radius 2 is 2.07 bits per heavy atom. The third-order valence-electron chi connectivity index (χ3n) is 5.14. The van der Waals surface area contributed by atoms with Crippen LogP contribution in [0.1, 0.15) is 30.4 Å². The number of aryl methyl sites for hydroxylation is 1. The molecule has 1 N–H and O–H groups in total. The number of piperidine rings is 1. The van der Waals surface area contributed by atoms with Crippen LogP contribution in [0.3, 0.4) is 0 Å². The van der Waals surface area contributed by atoms with Crippen LogP contribution in [0.5, 0.6) is 0 Å². The Morgan fingerprint density at radius 3 is 2.76 bits per heavy atom. The summed E-state index contributed by atoms with van der Waals surface area (Å²) < 4.78 is 40.2. The maximum absolute atomic E-state index is 13.0. The summed E-state index contributed by atoms with van der Waals surface area (Å²) >= 11 is 0. The number of amides is 2. The maximum Gasteiger partial charge on any atom is 0.416 e. The number of carbonyl (C=O) groups excluding carboxylic acids is 2. The molecule has 0 spiro atoms. The second-order valence-electron chi connectivity index (χ2n) is 7.30. The molecule has 1 aliphatic carbocycles. The van der Waals surface area contributed by atoms with Gasteiger partial charge in [-0.25, -0.2) is 9.67 Å². The molecule has 1 aromatic carbocycles. The van der Waals surface area contributed by atoms with Crippen LogP contribution in [-0.4, -0.2) is 37.6 Å². The zero-order valence-corrected chi connectivity index (χ0v) is 15.5. The Hall–Kier alpha value is -3.17. The molecule has 2 heterocycles. The molecule has 2 amide bonds. The number of fused-ring (bicyclic) bond motifs is 2. The molecule has 1 aromatic heterocycles. The highest BCUT2D eigenvalue weighted by Crippen LogP contribution is 2.37. The minimum absolute atomic E-state index is 0.00179. The number of carbonyl (C=O) groups is 2.